The molecule has 3 heterocycles. The van der Waals surface area contributed by atoms with E-state index in [0.29, 0.717) is 35.0 Å². The van der Waals surface area contributed by atoms with E-state index >= 15 is 4.79 Å². The fraction of sp³-hybridized carbons (Fsp3) is 0.250. The number of aliphatic hydroxyl groups excluding tert-OH is 1. The third-order valence-corrected chi connectivity index (χ3v) is 18.1. The Bertz CT molecular complexity index is 2720. The number of para-hydroxylation sites is 3. The van der Waals surface area contributed by atoms with Crippen LogP contribution in [0.15, 0.2) is 150 Å². The first-order valence-corrected chi connectivity index (χ1v) is 25.5. The number of hydrogen-bond donors (Lipinski definition) is 1. The number of methoxy groups -OCH3 is 1. The Hall–Kier alpha value is -6.05. The SMILES string of the molecule is COc1ccc([Si](C)(C)[C@@H]2[C@@H](CC(=O)N(CCO)Cc3ccccc3)O[C@]3(C(=O)N(Cc4ccc(N5C(=O)c6ccccc6Oc6ccccc65)cc4)c4ccc(Br)cc43)[C@H]2C)cc1. The van der Waals surface area contributed by atoms with E-state index < -0.39 is 19.8 Å². The maximum atomic E-state index is 15.6. The lowest BCUT2D eigenvalue weighted by Crippen LogP contribution is -2.52. The molecule has 64 heavy (non-hydrogen) atoms. The number of nitrogens with zero attached hydrogens (tertiary/aromatic N) is 3. The summed E-state index contributed by atoms with van der Waals surface area (Å²) in [5.41, 5.74) is 3.51. The van der Waals surface area contributed by atoms with Gasteiger partial charge in [0, 0.05) is 34.7 Å². The Balaban J connectivity index is 1.06. The third kappa shape index (κ3) is 7.61. The lowest BCUT2D eigenvalue weighted by atomic mass is 9.82. The van der Waals surface area contributed by atoms with Gasteiger partial charge >= 0.3 is 0 Å². The molecule has 9 rings (SSSR count). The number of aliphatic hydroxyl groups is 1. The van der Waals surface area contributed by atoms with Gasteiger partial charge in [0.1, 0.15) is 11.5 Å². The van der Waals surface area contributed by atoms with Gasteiger partial charge in [0.25, 0.3) is 11.8 Å². The van der Waals surface area contributed by atoms with E-state index in [4.69, 9.17) is 14.2 Å². The number of hydrogen-bond acceptors (Lipinski definition) is 7. The molecule has 1 saturated heterocycles. The summed E-state index contributed by atoms with van der Waals surface area (Å²) in [6.45, 7) is 7.29. The average molecular weight is 937 g/mol. The summed E-state index contributed by atoms with van der Waals surface area (Å²) in [4.78, 5) is 49.4. The number of carbonyl (C=O) groups is 3. The number of benzene rings is 6. The highest BCUT2D eigenvalue weighted by molar-refractivity contribution is 9.10. The maximum Gasteiger partial charge on any atom is 0.266 e. The highest BCUT2D eigenvalue weighted by atomic mass is 79.9. The van der Waals surface area contributed by atoms with Gasteiger partial charge < -0.3 is 29.1 Å². The quantitative estimate of drug-likeness (QED) is 0.122. The summed E-state index contributed by atoms with van der Waals surface area (Å²) in [5, 5.41) is 11.3. The van der Waals surface area contributed by atoms with Gasteiger partial charge in [-0.2, -0.15) is 0 Å². The molecule has 0 aromatic heterocycles. The fourth-order valence-electron chi connectivity index (χ4n) is 10.2. The first kappa shape index (κ1) is 43.2. The summed E-state index contributed by atoms with van der Waals surface area (Å²) in [6, 6.07) is 46.2. The van der Waals surface area contributed by atoms with Crippen LogP contribution in [0.3, 0.4) is 0 Å². The number of ether oxygens (including phenoxy) is 3. The van der Waals surface area contributed by atoms with E-state index in [0.717, 1.165) is 37.8 Å². The average Bonchev–Trinajstić information content (AvgIpc) is 3.67. The van der Waals surface area contributed by atoms with Gasteiger partial charge in [0.2, 0.25) is 5.91 Å². The van der Waals surface area contributed by atoms with E-state index in [1.54, 1.807) is 33.9 Å². The molecule has 0 bridgehead atoms. The van der Waals surface area contributed by atoms with Gasteiger partial charge in [0.15, 0.2) is 11.4 Å². The topological polar surface area (TPSA) is 109 Å². The van der Waals surface area contributed by atoms with Crippen LogP contribution >= 0.6 is 15.9 Å². The van der Waals surface area contributed by atoms with Gasteiger partial charge in [-0.1, -0.05) is 120 Å². The summed E-state index contributed by atoms with van der Waals surface area (Å²) >= 11 is 3.71. The van der Waals surface area contributed by atoms with Crippen LogP contribution in [0, 0.1) is 5.92 Å². The zero-order chi connectivity index (χ0) is 44.8. The molecule has 3 aliphatic heterocycles. The van der Waals surface area contributed by atoms with Crippen molar-refractivity contribution in [2.24, 2.45) is 5.92 Å². The Kier molecular flexibility index (Phi) is 11.8. The Morgan fingerprint density at radius 2 is 1.52 bits per heavy atom. The molecule has 12 heteroatoms. The van der Waals surface area contributed by atoms with Crippen LogP contribution in [-0.2, 0) is 33.0 Å². The number of rotatable bonds is 12. The van der Waals surface area contributed by atoms with Crippen molar-refractivity contribution in [2.45, 2.75) is 56.8 Å². The van der Waals surface area contributed by atoms with E-state index in [9.17, 15) is 14.7 Å². The zero-order valence-corrected chi connectivity index (χ0v) is 38.8. The summed E-state index contributed by atoms with van der Waals surface area (Å²) in [5.74, 6) is 0.950. The minimum Gasteiger partial charge on any atom is -0.497 e. The predicted octanol–water partition coefficient (Wildman–Crippen LogP) is 9.72. The molecule has 0 saturated carbocycles. The molecule has 326 valence electrons. The Labute approximate surface area is 383 Å². The van der Waals surface area contributed by atoms with E-state index in [1.165, 1.54) is 0 Å². The lowest BCUT2D eigenvalue weighted by Gasteiger charge is -2.37. The number of halogens is 1. The minimum absolute atomic E-state index is 0.0438. The van der Waals surface area contributed by atoms with Crippen molar-refractivity contribution in [3.63, 3.8) is 0 Å². The molecule has 6 aromatic rings. The van der Waals surface area contributed by atoms with E-state index in [2.05, 4.69) is 48.1 Å². The molecule has 0 radical (unpaired) electrons. The highest BCUT2D eigenvalue weighted by Gasteiger charge is 2.66. The largest absolute Gasteiger partial charge is 0.497 e. The summed E-state index contributed by atoms with van der Waals surface area (Å²) in [7, 11) is -0.912. The zero-order valence-electron chi connectivity index (χ0n) is 36.2. The number of amides is 3. The first-order valence-electron chi connectivity index (χ1n) is 21.6. The molecule has 3 amide bonds. The highest BCUT2D eigenvalue weighted by Crippen LogP contribution is 2.60. The second-order valence-corrected chi connectivity index (χ2v) is 22.9. The van der Waals surface area contributed by atoms with Crippen LogP contribution in [0.5, 0.6) is 17.2 Å². The van der Waals surface area contributed by atoms with Crippen LogP contribution in [0.4, 0.5) is 17.1 Å². The van der Waals surface area contributed by atoms with Crippen molar-refractivity contribution in [1.82, 2.24) is 4.90 Å². The van der Waals surface area contributed by atoms with Crippen LogP contribution in [0.2, 0.25) is 18.6 Å². The maximum absolute atomic E-state index is 15.6. The monoisotopic (exact) mass is 935 g/mol. The third-order valence-electron chi connectivity index (χ3n) is 13.3. The van der Waals surface area contributed by atoms with Crippen LogP contribution in [-0.4, -0.2) is 62.2 Å². The predicted molar refractivity (Wildman–Crippen MR) is 254 cm³/mol. The summed E-state index contributed by atoms with van der Waals surface area (Å²) < 4.78 is 19.9. The van der Waals surface area contributed by atoms with Crippen molar-refractivity contribution in [3.05, 3.63) is 172 Å². The molecule has 0 aliphatic carbocycles. The van der Waals surface area contributed by atoms with Crippen molar-refractivity contribution in [2.75, 3.05) is 30.1 Å². The van der Waals surface area contributed by atoms with Crippen molar-refractivity contribution in [3.8, 4) is 17.2 Å². The smallest absolute Gasteiger partial charge is 0.266 e. The number of carbonyl (C=O) groups excluding carboxylic acids is 3. The van der Waals surface area contributed by atoms with E-state index in [-0.39, 0.29) is 55.3 Å². The molecule has 1 fully saturated rings. The second-order valence-electron chi connectivity index (χ2n) is 17.3. The summed E-state index contributed by atoms with van der Waals surface area (Å²) in [6.07, 6.45) is -0.566. The van der Waals surface area contributed by atoms with Gasteiger partial charge in [0.05, 0.1) is 57.8 Å². The lowest BCUT2D eigenvalue weighted by molar-refractivity contribution is -0.150. The molecule has 1 N–H and O–H groups in total. The Morgan fingerprint density at radius 1 is 0.828 bits per heavy atom. The normalized spacial score (nSPS) is 20.1. The first-order chi connectivity index (χ1) is 30.9. The number of anilines is 3. The van der Waals surface area contributed by atoms with Crippen LogP contribution in [0.25, 0.3) is 0 Å². The molecular weight excluding hydrogens is 887 g/mol. The van der Waals surface area contributed by atoms with Gasteiger partial charge in [-0.05, 0) is 83.4 Å². The van der Waals surface area contributed by atoms with Crippen molar-refractivity contribution in [1.29, 1.82) is 0 Å². The number of fused-ring (bicyclic) bond motifs is 4. The Morgan fingerprint density at radius 3 is 2.23 bits per heavy atom. The van der Waals surface area contributed by atoms with Gasteiger partial charge in [-0.25, -0.2) is 0 Å². The molecular formula is C52H50BrN3O7Si. The van der Waals surface area contributed by atoms with Crippen molar-refractivity contribution < 1.29 is 33.7 Å². The van der Waals surface area contributed by atoms with Crippen LogP contribution in [0.1, 0.15) is 40.4 Å². The van der Waals surface area contributed by atoms with E-state index in [1.807, 2.05) is 121 Å². The van der Waals surface area contributed by atoms with Crippen LogP contribution < -0.4 is 24.5 Å². The standard InChI is InChI=1S/C52H50BrN3O7Si/c1-34-49(64(3,4)40-25-23-39(61-2)24-26-40)47(31-48(58)54(28-29-57)32-35-12-6-5-7-13-35)63-52(34)42-30-37(53)20-27-43(42)55(51(52)60)33-36-18-21-38(22-19-36)56-44-15-9-11-17-46(44)62-45-16-10-8-14-41(45)50(56)59/h5-27,30,34,47,49,57H,28-29,31-33H2,1-4H3/t34-,47+,49-,52+/m0/s1. The molecule has 3 aliphatic rings. The fourth-order valence-corrected chi connectivity index (χ4v) is 14.5. The minimum atomic E-state index is -2.56. The molecule has 1 spiro atoms. The van der Waals surface area contributed by atoms with Gasteiger partial charge in [-0.15, -0.1) is 0 Å². The second kappa shape index (κ2) is 17.5. The van der Waals surface area contributed by atoms with Crippen molar-refractivity contribution >= 4 is 64.0 Å². The molecule has 0 unspecified atom stereocenters. The van der Waals surface area contributed by atoms with Gasteiger partial charge in [-0.3, -0.25) is 19.3 Å². The molecule has 4 atom stereocenters. The molecule has 10 nitrogen and oxygen atoms in total. The molecule has 6 aromatic carbocycles.